The van der Waals surface area contributed by atoms with E-state index in [1.165, 1.54) is 19.1 Å². The van der Waals surface area contributed by atoms with Crippen molar-refractivity contribution < 1.29 is 23.0 Å². The van der Waals surface area contributed by atoms with E-state index in [-0.39, 0.29) is 11.9 Å². The van der Waals surface area contributed by atoms with Crippen LogP contribution in [0.2, 0.25) is 0 Å². The maximum Gasteiger partial charge on any atom is 0.196 e. The van der Waals surface area contributed by atoms with Gasteiger partial charge in [-0.1, -0.05) is 39.3 Å². The minimum Gasteiger partial charge on any atom is -0.498 e. The summed E-state index contributed by atoms with van der Waals surface area (Å²) in [5.41, 5.74) is 2.55. The molecule has 0 radical (unpaired) electrons. The maximum absolute atomic E-state index is 14.3. The quantitative estimate of drug-likeness (QED) is 0.478. The van der Waals surface area contributed by atoms with Gasteiger partial charge in [0.05, 0.1) is 32.5 Å². The van der Waals surface area contributed by atoms with Gasteiger partial charge in [0, 0.05) is 6.42 Å². The van der Waals surface area contributed by atoms with Crippen molar-refractivity contribution in [1.82, 2.24) is 0 Å². The molecule has 0 aromatic carbocycles. The van der Waals surface area contributed by atoms with Crippen LogP contribution in [0.3, 0.4) is 0 Å². The predicted molar refractivity (Wildman–Crippen MR) is 113 cm³/mol. The molecule has 0 aromatic heterocycles. The van der Waals surface area contributed by atoms with Gasteiger partial charge in [-0.3, -0.25) is 0 Å². The van der Waals surface area contributed by atoms with Crippen LogP contribution >= 0.6 is 0 Å². The molecule has 0 amide bonds. The van der Waals surface area contributed by atoms with Crippen LogP contribution in [0.5, 0.6) is 0 Å². The van der Waals surface area contributed by atoms with Crippen molar-refractivity contribution in [3.8, 4) is 0 Å². The molecule has 1 saturated heterocycles. The standard InChI is InChI=1S/C21H28F2O3.C3H8/c1-3-16-8-9-17(13-26-16)25-12-14-4-6-15(7-5-14)18-10-11-19(24-2)21(23)20(18)22;1-3-2/h4,6,16-17H,3,5,7-13H2,1-2H3;3H2,1-2H3. The highest BCUT2D eigenvalue weighted by atomic mass is 19.2. The SMILES string of the molecule is CCC.CCC1CCC(OCC2=CC=C(C3=C(F)C(F)=C(OC)CC3)CC2)CO1. The Morgan fingerprint density at radius 3 is 2.31 bits per heavy atom. The Labute approximate surface area is 174 Å². The summed E-state index contributed by atoms with van der Waals surface area (Å²) < 4.78 is 44.9. The number of hydrogen-bond acceptors (Lipinski definition) is 3. The third-order valence-electron chi connectivity index (χ3n) is 5.46. The van der Waals surface area contributed by atoms with E-state index in [2.05, 4.69) is 20.8 Å². The fourth-order valence-electron chi connectivity index (χ4n) is 3.72. The fourth-order valence-corrected chi connectivity index (χ4v) is 3.72. The van der Waals surface area contributed by atoms with Crippen molar-refractivity contribution in [2.24, 2.45) is 0 Å². The Morgan fingerprint density at radius 2 is 1.76 bits per heavy atom. The fraction of sp³-hybridized carbons (Fsp3) is 0.667. The Balaban J connectivity index is 0.000000941. The highest BCUT2D eigenvalue weighted by molar-refractivity contribution is 5.46. The van der Waals surface area contributed by atoms with E-state index in [9.17, 15) is 8.78 Å². The summed E-state index contributed by atoms with van der Waals surface area (Å²) in [6.45, 7) is 7.64. The molecule has 3 nitrogen and oxygen atoms in total. The molecule has 2 aliphatic carbocycles. The summed E-state index contributed by atoms with van der Waals surface area (Å²) in [7, 11) is 1.38. The molecule has 1 aliphatic heterocycles. The van der Waals surface area contributed by atoms with Crippen LogP contribution in [0.25, 0.3) is 0 Å². The summed E-state index contributed by atoms with van der Waals surface area (Å²) in [6.07, 6.45) is 11.3. The van der Waals surface area contributed by atoms with E-state index in [0.717, 1.165) is 31.3 Å². The number of allylic oxidation sites excluding steroid dienone is 7. The Bertz CT molecular complexity index is 653. The van der Waals surface area contributed by atoms with Crippen molar-refractivity contribution in [3.63, 3.8) is 0 Å². The van der Waals surface area contributed by atoms with E-state index in [1.807, 2.05) is 12.2 Å². The average Bonchev–Trinajstić information content (AvgIpc) is 2.75. The van der Waals surface area contributed by atoms with Crippen molar-refractivity contribution in [3.05, 3.63) is 46.3 Å². The Morgan fingerprint density at radius 1 is 1.00 bits per heavy atom. The van der Waals surface area contributed by atoms with Crippen LogP contribution in [0, 0.1) is 0 Å². The van der Waals surface area contributed by atoms with Crippen LogP contribution in [0.4, 0.5) is 8.78 Å². The molecule has 0 spiro atoms. The van der Waals surface area contributed by atoms with Crippen LogP contribution in [0.15, 0.2) is 46.3 Å². The third kappa shape index (κ3) is 6.78. The van der Waals surface area contributed by atoms with Gasteiger partial charge in [0.1, 0.15) is 5.76 Å². The molecule has 1 heterocycles. The highest BCUT2D eigenvalue weighted by Crippen LogP contribution is 2.38. The maximum atomic E-state index is 14.3. The van der Waals surface area contributed by atoms with Gasteiger partial charge in [-0.2, -0.15) is 0 Å². The molecular formula is C24H36F2O3. The van der Waals surface area contributed by atoms with Gasteiger partial charge in [-0.15, -0.1) is 0 Å². The molecule has 29 heavy (non-hydrogen) atoms. The second kappa shape index (κ2) is 12.3. The summed E-state index contributed by atoms with van der Waals surface area (Å²) >= 11 is 0. The molecule has 0 bridgehead atoms. The Kier molecular flexibility index (Phi) is 10.1. The zero-order valence-corrected chi connectivity index (χ0v) is 18.4. The lowest BCUT2D eigenvalue weighted by Crippen LogP contribution is -2.31. The van der Waals surface area contributed by atoms with Gasteiger partial charge in [0.25, 0.3) is 0 Å². The van der Waals surface area contributed by atoms with E-state index in [0.29, 0.717) is 44.2 Å². The summed E-state index contributed by atoms with van der Waals surface area (Å²) in [5.74, 6) is -1.51. The lowest BCUT2D eigenvalue weighted by molar-refractivity contribution is -0.0812. The van der Waals surface area contributed by atoms with E-state index < -0.39 is 11.7 Å². The third-order valence-corrected chi connectivity index (χ3v) is 5.46. The first kappa shape index (κ1) is 23.8. The number of ether oxygens (including phenoxy) is 3. The van der Waals surface area contributed by atoms with Crippen molar-refractivity contribution >= 4 is 0 Å². The second-order valence-corrected chi connectivity index (χ2v) is 7.83. The number of methoxy groups -OCH3 is 1. The largest absolute Gasteiger partial charge is 0.498 e. The van der Waals surface area contributed by atoms with Crippen LogP contribution in [0.1, 0.15) is 72.1 Å². The number of hydrogen-bond donors (Lipinski definition) is 0. The predicted octanol–water partition coefficient (Wildman–Crippen LogP) is 6.87. The topological polar surface area (TPSA) is 27.7 Å². The van der Waals surface area contributed by atoms with Crippen molar-refractivity contribution in [1.29, 1.82) is 0 Å². The minimum atomic E-state index is -0.851. The smallest absolute Gasteiger partial charge is 0.196 e. The summed E-state index contributed by atoms with van der Waals surface area (Å²) in [5, 5.41) is 0. The first-order chi connectivity index (χ1) is 14.0. The first-order valence-electron chi connectivity index (χ1n) is 11.0. The Hall–Kier alpha value is -1.46. The van der Waals surface area contributed by atoms with Crippen LogP contribution < -0.4 is 0 Å². The molecule has 0 saturated carbocycles. The molecule has 0 aromatic rings. The number of halogens is 2. The van der Waals surface area contributed by atoms with Crippen LogP contribution in [-0.2, 0) is 14.2 Å². The summed E-state index contributed by atoms with van der Waals surface area (Å²) in [4.78, 5) is 0. The van der Waals surface area contributed by atoms with Gasteiger partial charge < -0.3 is 14.2 Å². The van der Waals surface area contributed by atoms with E-state index in [4.69, 9.17) is 14.2 Å². The second-order valence-electron chi connectivity index (χ2n) is 7.83. The van der Waals surface area contributed by atoms with Gasteiger partial charge in [0.2, 0.25) is 0 Å². The molecule has 164 valence electrons. The molecule has 0 N–H and O–H groups in total. The van der Waals surface area contributed by atoms with Gasteiger partial charge >= 0.3 is 0 Å². The molecule has 3 aliphatic rings. The summed E-state index contributed by atoms with van der Waals surface area (Å²) in [6, 6.07) is 0. The molecule has 5 heteroatoms. The van der Waals surface area contributed by atoms with Gasteiger partial charge in [-0.05, 0) is 55.2 Å². The van der Waals surface area contributed by atoms with Gasteiger partial charge in [0.15, 0.2) is 11.7 Å². The average molecular weight is 411 g/mol. The van der Waals surface area contributed by atoms with Crippen molar-refractivity contribution in [2.45, 2.75) is 84.3 Å². The number of rotatable bonds is 6. The first-order valence-corrected chi connectivity index (χ1v) is 11.0. The van der Waals surface area contributed by atoms with Crippen LogP contribution in [-0.4, -0.2) is 32.5 Å². The molecular weight excluding hydrogens is 374 g/mol. The lowest BCUT2D eigenvalue weighted by atomic mass is 9.88. The molecule has 2 atom stereocenters. The van der Waals surface area contributed by atoms with E-state index in [1.54, 1.807) is 0 Å². The van der Waals surface area contributed by atoms with Gasteiger partial charge in [-0.25, -0.2) is 8.78 Å². The highest BCUT2D eigenvalue weighted by Gasteiger charge is 2.26. The minimum absolute atomic E-state index is 0.104. The normalized spacial score (nSPS) is 25.2. The zero-order chi connectivity index (χ0) is 21.2. The lowest BCUT2D eigenvalue weighted by Gasteiger charge is -2.29. The zero-order valence-electron chi connectivity index (χ0n) is 18.4. The van der Waals surface area contributed by atoms with E-state index >= 15 is 0 Å². The molecule has 3 rings (SSSR count). The van der Waals surface area contributed by atoms with Crippen molar-refractivity contribution in [2.75, 3.05) is 20.3 Å². The molecule has 1 fully saturated rings. The monoisotopic (exact) mass is 410 g/mol. The molecule has 2 unspecified atom stereocenters.